The van der Waals surface area contributed by atoms with Crippen LogP contribution in [-0.4, -0.2) is 42.2 Å². The molecule has 20 heavy (non-hydrogen) atoms. The third kappa shape index (κ3) is 4.85. The van der Waals surface area contributed by atoms with Gasteiger partial charge in [-0.3, -0.25) is 9.69 Å². The zero-order chi connectivity index (χ0) is 14.4. The van der Waals surface area contributed by atoms with E-state index < -0.39 is 5.97 Å². The Kier molecular flexibility index (Phi) is 5.41. The molecule has 0 aliphatic carbocycles. The van der Waals surface area contributed by atoms with Crippen LogP contribution < -0.4 is 4.74 Å². The summed E-state index contributed by atoms with van der Waals surface area (Å²) in [5, 5.41) is 8.79. The third-order valence-electron chi connectivity index (χ3n) is 3.84. The van der Waals surface area contributed by atoms with Crippen molar-refractivity contribution >= 4 is 5.97 Å². The Balaban J connectivity index is 1.65. The molecule has 4 nitrogen and oxygen atoms in total. The number of carbonyl (C=O) groups is 1. The Morgan fingerprint density at radius 3 is 2.80 bits per heavy atom. The fraction of sp³-hybridized carbons (Fsp3) is 0.562. The normalized spacial score (nSPS) is 17.1. The number of carboxylic acids is 1. The summed E-state index contributed by atoms with van der Waals surface area (Å²) in [6.45, 7) is 5.62. The summed E-state index contributed by atoms with van der Waals surface area (Å²) < 4.78 is 5.75. The predicted octanol–water partition coefficient (Wildman–Crippen LogP) is 2.56. The Morgan fingerprint density at radius 2 is 2.15 bits per heavy atom. The molecule has 0 spiro atoms. The third-order valence-corrected chi connectivity index (χ3v) is 3.84. The van der Waals surface area contributed by atoms with Crippen LogP contribution in [0.2, 0.25) is 0 Å². The number of aliphatic carboxylic acids is 1. The highest BCUT2D eigenvalue weighted by atomic mass is 16.5. The van der Waals surface area contributed by atoms with E-state index in [0.29, 0.717) is 18.9 Å². The van der Waals surface area contributed by atoms with Gasteiger partial charge in [0.2, 0.25) is 0 Å². The second-order valence-corrected chi connectivity index (χ2v) is 5.55. The minimum Gasteiger partial charge on any atom is -0.492 e. The maximum absolute atomic E-state index is 10.7. The molecule has 0 saturated carbocycles. The number of hydrogen-bond donors (Lipinski definition) is 1. The van der Waals surface area contributed by atoms with Gasteiger partial charge in [0, 0.05) is 13.0 Å². The van der Waals surface area contributed by atoms with Crippen LogP contribution in [0.25, 0.3) is 0 Å². The first-order valence-corrected chi connectivity index (χ1v) is 7.27. The van der Waals surface area contributed by atoms with Crippen LogP contribution in [0, 0.1) is 12.8 Å². The molecule has 1 aliphatic heterocycles. The molecular weight excluding hydrogens is 254 g/mol. The molecule has 1 heterocycles. The molecule has 1 aromatic rings. The van der Waals surface area contributed by atoms with E-state index in [1.54, 1.807) is 0 Å². The fourth-order valence-corrected chi connectivity index (χ4v) is 2.66. The smallest absolute Gasteiger partial charge is 0.303 e. The van der Waals surface area contributed by atoms with Crippen molar-refractivity contribution in [2.75, 3.05) is 26.2 Å². The van der Waals surface area contributed by atoms with Gasteiger partial charge in [-0.2, -0.15) is 0 Å². The van der Waals surface area contributed by atoms with Crippen LogP contribution in [0.15, 0.2) is 24.3 Å². The number of benzene rings is 1. The van der Waals surface area contributed by atoms with E-state index in [1.165, 1.54) is 5.56 Å². The first kappa shape index (κ1) is 14.9. The van der Waals surface area contributed by atoms with Crippen LogP contribution in [0.1, 0.15) is 24.8 Å². The molecule has 0 unspecified atom stereocenters. The molecule has 1 saturated heterocycles. The summed E-state index contributed by atoms with van der Waals surface area (Å²) in [5.41, 5.74) is 1.21. The van der Waals surface area contributed by atoms with Gasteiger partial charge in [0.15, 0.2) is 0 Å². The molecule has 0 aromatic heterocycles. The number of aryl methyl sites for hydroxylation is 1. The molecule has 0 atom stereocenters. The molecule has 0 amide bonds. The van der Waals surface area contributed by atoms with Crippen LogP contribution in [0.5, 0.6) is 5.75 Å². The molecule has 2 rings (SSSR count). The lowest BCUT2D eigenvalue weighted by Crippen LogP contribution is -2.37. The van der Waals surface area contributed by atoms with Crippen molar-refractivity contribution in [3.8, 4) is 5.75 Å². The van der Waals surface area contributed by atoms with E-state index in [-0.39, 0.29) is 0 Å². The molecule has 1 fully saturated rings. The standard InChI is InChI=1S/C16H23NO3/c1-13-3-2-4-15(11-13)20-10-9-17-7-5-14(6-8-17)12-16(18)19/h2-4,11,14H,5-10,12H2,1H3,(H,18,19). The average molecular weight is 277 g/mol. The van der Waals surface area contributed by atoms with E-state index >= 15 is 0 Å². The molecule has 0 radical (unpaired) electrons. The fourth-order valence-electron chi connectivity index (χ4n) is 2.66. The molecule has 110 valence electrons. The van der Waals surface area contributed by atoms with Crippen molar-refractivity contribution < 1.29 is 14.6 Å². The molecule has 0 bridgehead atoms. The predicted molar refractivity (Wildman–Crippen MR) is 78.1 cm³/mol. The second kappa shape index (κ2) is 7.29. The number of rotatable bonds is 6. The van der Waals surface area contributed by atoms with Crippen molar-refractivity contribution in [3.05, 3.63) is 29.8 Å². The van der Waals surface area contributed by atoms with E-state index in [9.17, 15) is 4.79 Å². The average Bonchev–Trinajstić information content (AvgIpc) is 2.40. The van der Waals surface area contributed by atoms with E-state index in [0.717, 1.165) is 38.2 Å². The number of carboxylic acid groups (broad SMARTS) is 1. The summed E-state index contributed by atoms with van der Waals surface area (Å²) in [5.74, 6) is 0.596. The van der Waals surface area contributed by atoms with Crippen molar-refractivity contribution in [3.63, 3.8) is 0 Å². The Bertz CT molecular complexity index is 439. The Hall–Kier alpha value is -1.55. The van der Waals surface area contributed by atoms with Crippen molar-refractivity contribution in [1.29, 1.82) is 0 Å². The number of hydrogen-bond acceptors (Lipinski definition) is 3. The van der Waals surface area contributed by atoms with Crippen molar-refractivity contribution in [2.45, 2.75) is 26.2 Å². The first-order chi connectivity index (χ1) is 9.63. The van der Waals surface area contributed by atoms with Crippen LogP contribution in [0.3, 0.4) is 0 Å². The van der Waals surface area contributed by atoms with Crippen LogP contribution in [0.4, 0.5) is 0 Å². The number of likely N-dealkylation sites (tertiary alicyclic amines) is 1. The quantitative estimate of drug-likeness (QED) is 0.868. The summed E-state index contributed by atoms with van der Waals surface area (Å²) in [4.78, 5) is 13.0. The van der Waals surface area contributed by atoms with Gasteiger partial charge in [0.05, 0.1) is 0 Å². The Morgan fingerprint density at radius 1 is 1.40 bits per heavy atom. The summed E-state index contributed by atoms with van der Waals surface area (Å²) in [6.07, 6.45) is 2.28. The van der Waals surface area contributed by atoms with Crippen LogP contribution in [-0.2, 0) is 4.79 Å². The molecule has 4 heteroatoms. The van der Waals surface area contributed by atoms with Crippen molar-refractivity contribution in [2.24, 2.45) is 5.92 Å². The molecular formula is C16H23NO3. The zero-order valence-corrected chi connectivity index (χ0v) is 12.0. The minimum atomic E-state index is -0.675. The summed E-state index contributed by atoms with van der Waals surface area (Å²) in [6, 6.07) is 8.08. The summed E-state index contributed by atoms with van der Waals surface area (Å²) >= 11 is 0. The minimum absolute atomic E-state index is 0.313. The highest BCUT2D eigenvalue weighted by Crippen LogP contribution is 2.20. The number of nitrogens with zero attached hydrogens (tertiary/aromatic N) is 1. The molecule has 1 aliphatic rings. The van der Waals surface area contributed by atoms with Gasteiger partial charge < -0.3 is 9.84 Å². The van der Waals surface area contributed by atoms with E-state index in [2.05, 4.69) is 17.9 Å². The maximum atomic E-state index is 10.7. The monoisotopic (exact) mass is 277 g/mol. The lowest BCUT2D eigenvalue weighted by atomic mass is 9.94. The Labute approximate surface area is 120 Å². The van der Waals surface area contributed by atoms with Gasteiger partial charge >= 0.3 is 5.97 Å². The van der Waals surface area contributed by atoms with E-state index in [1.807, 2.05) is 18.2 Å². The lowest BCUT2D eigenvalue weighted by Gasteiger charge is -2.31. The molecule has 1 aromatic carbocycles. The highest BCUT2D eigenvalue weighted by Gasteiger charge is 2.20. The highest BCUT2D eigenvalue weighted by molar-refractivity contribution is 5.67. The van der Waals surface area contributed by atoms with E-state index in [4.69, 9.17) is 9.84 Å². The number of ether oxygens (including phenoxy) is 1. The number of piperidine rings is 1. The van der Waals surface area contributed by atoms with Crippen LogP contribution >= 0.6 is 0 Å². The van der Waals surface area contributed by atoms with Gasteiger partial charge in [-0.05, 0) is 56.5 Å². The topological polar surface area (TPSA) is 49.8 Å². The first-order valence-electron chi connectivity index (χ1n) is 7.27. The second-order valence-electron chi connectivity index (χ2n) is 5.55. The van der Waals surface area contributed by atoms with Gasteiger partial charge in [-0.1, -0.05) is 12.1 Å². The maximum Gasteiger partial charge on any atom is 0.303 e. The van der Waals surface area contributed by atoms with Gasteiger partial charge in [-0.25, -0.2) is 0 Å². The lowest BCUT2D eigenvalue weighted by molar-refractivity contribution is -0.138. The summed E-state index contributed by atoms with van der Waals surface area (Å²) in [7, 11) is 0. The van der Waals surface area contributed by atoms with Gasteiger partial charge in [0.25, 0.3) is 0 Å². The van der Waals surface area contributed by atoms with Gasteiger partial charge in [0.1, 0.15) is 12.4 Å². The van der Waals surface area contributed by atoms with Crippen molar-refractivity contribution in [1.82, 2.24) is 4.90 Å². The SMILES string of the molecule is Cc1cccc(OCCN2CCC(CC(=O)O)CC2)c1. The zero-order valence-electron chi connectivity index (χ0n) is 12.0. The van der Waals surface area contributed by atoms with Gasteiger partial charge in [-0.15, -0.1) is 0 Å². The molecule has 1 N–H and O–H groups in total. The largest absolute Gasteiger partial charge is 0.492 e.